The minimum absolute atomic E-state index is 0.183. The molecule has 0 saturated heterocycles. The fourth-order valence-electron chi connectivity index (χ4n) is 1.80. The molecule has 1 atom stereocenters. The third-order valence-electron chi connectivity index (χ3n) is 3.01. The van der Waals surface area contributed by atoms with Crippen molar-refractivity contribution in [1.29, 1.82) is 0 Å². The van der Waals surface area contributed by atoms with Gasteiger partial charge in [0.1, 0.15) is 11.0 Å². The molecule has 0 aliphatic rings. The van der Waals surface area contributed by atoms with Gasteiger partial charge in [-0.1, -0.05) is 54.5 Å². The average Bonchev–Trinajstić information content (AvgIpc) is 2.96. The third kappa shape index (κ3) is 4.09. The zero-order valence-corrected chi connectivity index (χ0v) is 14.5. The van der Waals surface area contributed by atoms with Crippen LogP contribution in [0.1, 0.15) is 25.3 Å². The maximum Gasteiger partial charge on any atom is 0.248 e. The molecule has 0 radical (unpaired) electrons. The number of aromatic nitrogens is 2. The molecule has 0 spiro atoms. The second-order valence-corrected chi connectivity index (χ2v) is 6.40. The van der Waals surface area contributed by atoms with Gasteiger partial charge in [-0.05, 0) is 25.0 Å². The number of carbonyl (C=O) groups excluding carboxylic acids is 1. The lowest BCUT2D eigenvalue weighted by atomic mass is 10.2. The van der Waals surface area contributed by atoms with Crippen LogP contribution < -0.4 is 10.6 Å². The topological polar surface area (TPSA) is 66.9 Å². The summed E-state index contributed by atoms with van der Waals surface area (Å²) in [5, 5.41) is 16.0. The number of amides is 1. The van der Waals surface area contributed by atoms with Crippen LogP contribution in [0.4, 0.5) is 10.8 Å². The van der Waals surface area contributed by atoms with Crippen LogP contribution in [0.25, 0.3) is 0 Å². The van der Waals surface area contributed by atoms with Crippen LogP contribution in [0.3, 0.4) is 0 Å². The summed E-state index contributed by atoms with van der Waals surface area (Å²) >= 11 is 13.5. The molecule has 2 N–H and O–H groups in total. The molecule has 1 aromatic heterocycles. The molecule has 1 aromatic carbocycles. The highest BCUT2D eigenvalue weighted by atomic mass is 35.5. The average molecular weight is 359 g/mol. The maximum absolute atomic E-state index is 12.3. The molecule has 2 aromatic rings. The zero-order valence-electron chi connectivity index (χ0n) is 12.2. The van der Waals surface area contributed by atoms with Crippen LogP contribution in [0.15, 0.2) is 18.2 Å². The highest BCUT2D eigenvalue weighted by Gasteiger charge is 2.19. The Bertz CT molecular complexity index is 662. The molecule has 0 saturated carbocycles. The van der Waals surface area contributed by atoms with Crippen LogP contribution >= 0.6 is 34.5 Å². The Balaban J connectivity index is 2.07. The van der Waals surface area contributed by atoms with E-state index in [1.54, 1.807) is 18.2 Å². The Morgan fingerprint density at radius 2 is 2.09 bits per heavy atom. The summed E-state index contributed by atoms with van der Waals surface area (Å²) in [6, 6.07) is 4.82. The lowest BCUT2D eigenvalue weighted by Crippen LogP contribution is -2.34. The first-order valence-electron chi connectivity index (χ1n) is 6.88. The lowest BCUT2D eigenvalue weighted by Gasteiger charge is -2.18. The minimum Gasteiger partial charge on any atom is -0.372 e. The Morgan fingerprint density at radius 3 is 2.73 bits per heavy atom. The van der Waals surface area contributed by atoms with Gasteiger partial charge in [-0.2, -0.15) is 0 Å². The van der Waals surface area contributed by atoms with E-state index in [-0.39, 0.29) is 5.91 Å². The largest absolute Gasteiger partial charge is 0.372 e. The molecule has 8 heteroatoms. The summed E-state index contributed by atoms with van der Waals surface area (Å²) in [6.45, 7) is 3.90. The van der Waals surface area contributed by atoms with Crippen molar-refractivity contribution >= 4 is 51.3 Å². The fourth-order valence-corrected chi connectivity index (χ4v) is 2.83. The number of anilines is 2. The zero-order chi connectivity index (χ0) is 16.1. The Labute approximate surface area is 143 Å². The third-order valence-corrected chi connectivity index (χ3v) is 4.81. The molecule has 0 fully saturated rings. The SMILES string of the molecule is CCc1nnc(NC(=O)[C@@H](CC)Nc2cccc(Cl)c2Cl)s1. The number of rotatable bonds is 6. The quantitative estimate of drug-likeness (QED) is 0.810. The maximum atomic E-state index is 12.3. The number of benzene rings is 1. The monoisotopic (exact) mass is 358 g/mol. The molecule has 0 unspecified atom stereocenters. The van der Waals surface area contributed by atoms with Crippen molar-refractivity contribution in [3.8, 4) is 0 Å². The molecular weight excluding hydrogens is 343 g/mol. The van der Waals surface area contributed by atoms with Crippen LogP contribution in [0.5, 0.6) is 0 Å². The molecule has 0 bridgehead atoms. The van der Waals surface area contributed by atoms with Gasteiger partial charge in [-0.15, -0.1) is 10.2 Å². The first-order chi connectivity index (χ1) is 10.5. The van der Waals surface area contributed by atoms with E-state index in [1.807, 2.05) is 13.8 Å². The number of nitrogens with zero attached hydrogens (tertiary/aromatic N) is 2. The number of carbonyl (C=O) groups is 1. The van der Waals surface area contributed by atoms with E-state index in [0.29, 0.717) is 27.3 Å². The molecule has 5 nitrogen and oxygen atoms in total. The number of halogens is 2. The first kappa shape index (κ1) is 17.0. The van der Waals surface area contributed by atoms with Gasteiger partial charge < -0.3 is 5.32 Å². The number of hydrogen-bond donors (Lipinski definition) is 2. The molecule has 1 heterocycles. The highest BCUT2D eigenvalue weighted by molar-refractivity contribution is 7.15. The van der Waals surface area contributed by atoms with Crippen molar-refractivity contribution in [1.82, 2.24) is 10.2 Å². The van der Waals surface area contributed by atoms with Crippen molar-refractivity contribution in [3.05, 3.63) is 33.3 Å². The van der Waals surface area contributed by atoms with Gasteiger partial charge >= 0.3 is 0 Å². The highest BCUT2D eigenvalue weighted by Crippen LogP contribution is 2.30. The predicted octanol–water partition coefficient (Wildman–Crippen LogP) is 4.24. The number of aryl methyl sites for hydroxylation is 1. The minimum atomic E-state index is -0.440. The van der Waals surface area contributed by atoms with E-state index in [2.05, 4.69) is 20.8 Å². The van der Waals surface area contributed by atoms with Gasteiger partial charge in [-0.25, -0.2) is 0 Å². The van der Waals surface area contributed by atoms with E-state index < -0.39 is 6.04 Å². The smallest absolute Gasteiger partial charge is 0.248 e. The van der Waals surface area contributed by atoms with Gasteiger partial charge in [0.25, 0.3) is 0 Å². The summed E-state index contributed by atoms with van der Waals surface area (Å²) in [7, 11) is 0. The molecule has 118 valence electrons. The fraction of sp³-hybridized carbons (Fsp3) is 0.357. The summed E-state index contributed by atoms with van der Waals surface area (Å²) in [5.74, 6) is -0.183. The van der Waals surface area contributed by atoms with Crippen LogP contribution in [-0.2, 0) is 11.2 Å². The second-order valence-electron chi connectivity index (χ2n) is 4.55. The molecule has 1 amide bonds. The van der Waals surface area contributed by atoms with Gasteiger partial charge in [0.15, 0.2) is 0 Å². The van der Waals surface area contributed by atoms with Crippen molar-refractivity contribution < 1.29 is 4.79 Å². The van der Waals surface area contributed by atoms with Crippen molar-refractivity contribution in [2.75, 3.05) is 10.6 Å². The molecular formula is C14H16Cl2N4OS. The number of nitrogens with one attached hydrogen (secondary N) is 2. The summed E-state index contributed by atoms with van der Waals surface area (Å²) in [6.07, 6.45) is 1.38. The normalized spacial score (nSPS) is 12.0. The van der Waals surface area contributed by atoms with Crippen molar-refractivity contribution in [3.63, 3.8) is 0 Å². The van der Waals surface area contributed by atoms with Crippen molar-refractivity contribution in [2.45, 2.75) is 32.7 Å². The summed E-state index contributed by atoms with van der Waals surface area (Å²) in [4.78, 5) is 12.3. The molecule has 2 rings (SSSR count). The van der Waals surface area contributed by atoms with Crippen LogP contribution in [0, 0.1) is 0 Å². The Morgan fingerprint density at radius 1 is 1.32 bits per heavy atom. The summed E-state index contributed by atoms with van der Waals surface area (Å²) in [5.41, 5.74) is 0.627. The van der Waals surface area contributed by atoms with Gasteiger partial charge in [0.05, 0.1) is 15.7 Å². The van der Waals surface area contributed by atoms with Gasteiger partial charge in [-0.3, -0.25) is 10.1 Å². The molecule has 22 heavy (non-hydrogen) atoms. The van der Waals surface area contributed by atoms with E-state index >= 15 is 0 Å². The summed E-state index contributed by atoms with van der Waals surface area (Å²) < 4.78 is 0. The second kappa shape index (κ2) is 7.76. The lowest BCUT2D eigenvalue weighted by molar-refractivity contribution is -0.117. The number of hydrogen-bond acceptors (Lipinski definition) is 5. The Kier molecular flexibility index (Phi) is 5.99. The first-order valence-corrected chi connectivity index (χ1v) is 8.46. The van der Waals surface area contributed by atoms with Crippen LogP contribution in [0.2, 0.25) is 10.0 Å². The standard InChI is InChI=1S/C14H16Cl2N4OS/c1-3-9(17-10-7-5-6-8(15)12(10)16)13(21)18-14-20-19-11(4-2)22-14/h5-7,9,17H,3-4H2,1-2H3,(H,18,20,21)/t9-/m1/s1. The Hall–Kier alpha value is -1.37. The van der Waals surface area contributed by atoms with E-state index in [0.717, 1.165) is 11.4 Å². The van der Waals surface area contributed by atoms with Gasteiger partial charge in [0, 0.05) is 0 Å². The van der Waals surface area contributed by atoms with E-state index in [1.165, 1.54) is 11.3 Å². The van der Waals surface area contributed by atoms with Crippen molar-refractivity contribution in [2.24, 2.45) is 0 Å². The molecule has 0 aliphatic heterocycles. The molecule has 0 aliphatic carbocycles. The van der Waals surface area contributed by atoms with Gasteiger partial charge in [0.2, 0.25) is 11.0 Å². The predicted molar refractivity (Wildman–Crippen MR) is 92.1 cm³/mol. The van der Waals surface area contributed by atoms with Crippen LogP contribution in [-0.4, -0.2) is 22.1 Å². The van der Waals surface area contributed by atoms with E-state index in [9.17, 15) is 4.79 Å². The van der Waals surface area contributed by atoms with E-state index in [4.69, 9.17) is 23.2 Å².